The van der Waals surface area contributed by atoms with Gasteiger partial charge in [0.1, 0.15) is 6.61 Å². The molecule has 4 nitrogen and oxygen atoms in total. The molecule has 17 heavy (non-hydrogen) atoms. The fourth-order valence-electron chi connectivity index (χ4n) is 2.22. The van der Waals surface area contributed by atoms with Crippen molar-refractivity contribution in [1.82, 2.24) is 10.2 Å². The number of nitrogens with zero attached hydrogens (tertiary/aromatic N) is 1. The summed E-state index contributed by atoms with van der Waals surface area (Å²) in [7, 11) is 1.96. The van der Waals surface area contributed by atoms with Crippen molar-refractivity contribution in [2.24, 2.45) is 5.92 Å². The first-order chi connectivity index (χ1) is 8.27. The van der Waals surface area contributed by atoms with Gasteiger partial charge >= 0.3 is 0 Å². The molecule has 1 amide bonds. The summed E-state index contributed by atoms with van der Waals surface area (Å²) in [4.78, 5) is 13.7. The lowest BCUT2D eigenvalue weighted by molar-refractivity contribution is -0.135. The summed E-state index contributed by atoms with van der Waals surface area (Å²) in [5.74, 6) is 0.768. The predicted octanol–water partition coefficient (Wildman–Crippen LogP) is 1.26. The van der Waals surface area contributed by atoms with Crippen LogP contribution in [-0.2, 0) is 9.53 Å². The van der Waals surface area contributed by atoms with Crippen molar-refractivity contribution in [3.05, 3.63) is 0 Å². The zero-order valence-electron chi connectivity index (χ0n) is 11.2. The Morgan fingerprint density at radius 2 is 2.29 bits per heavy atom. The van der Waals surface area contributed by atoms with Gasteiger partial charge in [-0.05, 0) is 32.4 Å². The van der Waals surface area contributed by atoms with E-state index in [9.17, 15) is 4.79 Å². The molecule has 1 heterocycles. The van der Waals surface area contributed by atoms with E-state index < -0.39 is 0 Å². The molecule has 0 aliphatic carbocycles. The first kappa shape index (κ1) is 14.5. The number of carbonyl (C=O) groups is 1. The Kier molecular flexibility index (Phi) is 7.21. The van der Waals surface area contributed by atoms with Crippen LogP contribution in [-0.4, -0.2) is 50.7 Å². The van der Waals surface area contributed by atoms with Crippen LogP contribution in [0.2, 0.25) is 0 Å². The van der Waals surface area contributed by atoms with E-state index >= 15 is 0 Å². The molecule has 100 valence electrons. The van der Waals surface area contributed by atoms with Gasteiger partial charge in [-0.3, -0.25) is 4.79 Å². The normalized spacial score (nSPS) is 19.9. The van der Waals surface area contributed by atoms with Gasteiger partial charge in [0.05, 0.1) is 0 Å². The van der Waals surface area contributed by atoms with Crippen LogP contribution in [0.25, 0.3) is 0 Å². The second kappa shape index (κ2) is 8.48. The third-order valence-corrected chi connectivity index (χ3v) is 3.25. The molecule has 1 saturated heterocycles. The molecule has 0 aromatic carbocycles. The largest absolute Gasteiger partial charge is 0.372 e. The molecule has 0 saturated carbocycles. The van der Waals surface area contributed by atoms with E-state index in [-0.39, 0.29) is 12.5 Å². The quantitative estimate of drug-likeness (QED) is 0.652. The summed E-state index contributed by atoms with van der Waals surface area (Å²) >= 11 is 0. The number of carbonyl (C=O) groups excluding carboxylic acids is 1. The van der Waals surface area contributed by atoms with Crippen LogP contribution in [0.15, 0.2) is 0 Å². The Bertz CT molecular complexity index is 221. The molecule has 1 aliphatic heterocycles. The van der Waals surface area contributed by atoms with Crippen molar-refractivity contribution >= 4 is 5.91 Å². The minimum atomic E-state index is 0.153. The van der Waals surface area contributed by atoms with E-state index in [1.807, 2.05) is 11.9 Å². The Morgan fingerprint density at radius 3 is 3.00 bits per heavy atom. The van der Waals surface area contributed by atoms with E-state index in [1.54, 1.807) is 0 Å². The van der Waals surface area contributed by atoms with Gasteiger partial charge < -0.3 is 15.0 Å². The SMILES string of the molecule is CCCCCOCC(=O)N1CCC(CNC)C1. The molecule has 1 unspecified atom stereocenters. The van der Waals surface area contributed by atoms with Gasteiger partial charge in [0.2, 0.25) is 5.91 Å². The standard InChI is InChI=1S/C13H26N2O2/c1-3-4-5-8-17-11-13(16)15-7-6-12(10-15)9-14-2/h12,14H,3-11H2,1-2H3. The van der Waals surface area contributed by atoms with Crippen molar-refractivity contribution in [3.8, 4) is 0 Å². The predicted molar refractivity (Wildman–Crippen MR) is 69.0 cm³/mol. The van der Waals surface area contributed by atoms with Gasteiger partial charge in [-0.2, -0.15) is 0 Å². The number of hydrogen-bond acceptors (Lipinski definition) is 3. The Balaban J connectivity index is 2.08. The molecule has 4 heteroatoms. The first-order valence-corrected chi connectivity index (χ1v) is 6.78. The summed E-state index contributed by atoms with van der Waals surface area (Å²) in [6.45, 7) is 5.92. The van der Waals surface area contributed by atoms with Crippen molar-refractivity contribution < 1.29 is 9.53 Å². The summed E-state index contributed by atoms with van der Waals surface area (Å²) in [5.41, 5.74) is 0. The fraction of sp³-hybridized carbons (Fsp3) is 0.923. The van der Waals surface area contributed by atoms with Crippen molar-refractivity contribution in [1.29, 1.82) is 0 Å². The fourth-order valence-corrected chi connectivity index (χ4v) is 2.22. The molecule has 0 aromatic heterocycles. The van der Waals surface area contributed by atoms with E-state index in [1.165, 1.54) is 12.8 Å². The number of ether oxygens (including phenoxy) is 1. The van der Waals surface area contributed by atoms with Crippen molar-refractivity contribution in [2.75, 3.05) is 39.9 Å². The lowest BCUT2D eigenvalue weighted by atomic mass is 10.1. The van der Waals surface area contributed by atoms with Crippen LogP contribution in [0.5, 0.6) is 0 Å². The average Bonchev–Trinajstić information content (AvgIpc) is 2.78. The summed E-state index contributed by atoms with van der Waals surface area (Å²) in [6.07, 6.45) is 4.55. The molecule has 0 spiro atoms. The molecule has 1 atom stereocenters. The maximum absolute atomic E-state index is 11.8. The number of likely N-dealkylation sites (tertiary alicyclic amines) is 1. The van der Waals surface area contributed by atoms with Crippen LogP contribution in [0, 0.1) is 5.92 Å². The number of nitrogens with one attached hydrogen (secondary N) is 1. The smallest absolute Gasteiger partial charge is 0.248 e. The highest BCUT2D eigenvalue weighted by molar-refractivity contribution is 5.77. The van der Waals surface area contributed by atoms with E-state index in [4.69, 9.17) is 4.74 Å². The van der Waals surface area contributed by atoms with E-state index in [0.29, 0.717) is 12.5 Å². The third-order valence-electron chi connectivity index (χ3n) is 3.25. The zero-order chi connectivity index (χ0) is 12.5. The highest BCUT2D eigenvalue weighted by Gasteiger charge is 2.25. The molecule has 1 rings (SSSR count). The maximum atomic E-state index is 11.8. The zero-order valence-corrected chi connectivity index (χ0v) is 11.2. The molecule has 0 aromatic rings. The number of amides is 1. The molecule has 1 aliphatic rings. The topological polar surface area (TPSA) is 41.6 Å². The molecule has 1 fully saturated rings. The van der Waals surface area contributed by atoms with Crippen molar-refractivity contribution in [3.63, 3.8) is 0 Å². The monoisotopic (exact) mass is 242 g/mol. The van der Waals surface area contributed by atoms with Gasteiger partial charge in [0.25, 0.3) is 0 Å². The Labute approximate surface area is 105 Å². The summed E-state index contributed by atoms with van der Waals surface area (Å²) in [5, 5.41) is 3.17. The van der Waals surface area contributed by atoms with Crippen molar-refractivity contribution in [2.45, 2.75) is 32.6 Å². The molecule has 1 N–H and O–H groups in total. The lowest BCUT2D eigenvalue weighted by Crippen LogP contribution is -2.33. The van der Waals surface area contributed by atoms with Gasteiger partial charge in [-0.25, -0.2) is 0 Å². The summed E-state index contributed by atoms with van der Waals surface area (Å²) in [6, 6.07) is 0. The Hall–Kier alpha value is -0.610. The number of unbranched alkanes of at least 4 members (excludes halogenated alkanes) is 2. The lowest BCUT2D eigenvalue weighted by Gasteiger charge is -2.16. The highest BCUT2D eigenvalue weighted by atomic mass is 16.5. The molecular formula is C13H26N2O2. The molecular weight excluding hydrogens is 216 g/mol. The van der Waals surface area contributed by atoms with Gasteiger partial charge in [-0.1, -0.05) is 19.8 Å². The highest BCUT2D eigenvalue weighted by Crippen LogP contribution is 2.15. The van der Waals surface area contributed by atoms with Gasteiger partial charge in [-0.15, -0.1) is 0 Å². The van der Waals surface area contributed by atoms with Gasteiger partial charge in [0, 0.05) is 19.7 Å². The molecule has 0 bridgehead atoms. The van der Waals surface area contributed by atoms with Crippen LogP contribution >= 0.6 is 0 Å². The summed E-state index contributed by atoms with van der Waals surface area (Å²) < 4.78 is 5.40. The maximum Gasteiger partial charge on any atom is 0.248 e. The van der Waals surface area contributed by atoms with Crippen LogP contribution < -0.4 is 5.32 Å². The van der Waals surface area contributed by atoms with Gasteiger partial charge in [0.15, 0.2) is 0 Å². The second-order valence-corrected chi connectivity index (χ2v) is 4.81. The molecule has 0 radical (unpaired) electrons. The van der Waals surface area contributed by atoms with E-state index in [0.717, 1.165) is 32.5 Å². The Morgan fingerprint density at radius 1 is 1.47 bits per heavy atom. The van der Waals surface area contributed by atoms with Crippen LogP contribution in [0.1, 0.15) is 32.6 Å². The van der Waals surface area contributed by atoms with E-state index in [2.05, 4.69) is 12.2 Å². The first-order valence-electron chi connectivity index (χ1n) is 6.78. The van der Waals surface area contributed by atoms with Crippen LogP contribution in [0.4, 0.5) is 0 Å². The third kappa shape index (κ3) is 5.50. The second-order valence-electron chi connectivity index (χ2n) is 4.81. The van der Waals surface area contributed by atoms with Crippen LogP contribution in [0.3, 0.4) is 0 Å². The minimum Gasteiger partial charge on any atom is -0.372 e. The number of rotatable bonds is 8. The number of hydrogen-bond donors (Lipinski definition) is 1. The minimum absolute atomic E-state index is 0.153. The average molecular weight is 242 g/mol.